The van der Waals surface area contributed by atoms with Crippen molar-refractivity contribution in [2.45, 2.75) is 45.7 Å². The first kappa shape index (κ1) is 19.3. The zero-order valence-corrected chi connectivity index (χ0v) is 17.2. The van der Waals surface area contributed by atoms with Gasteiger partial charge in [-0.3, -0.25) is 4.68 Å². The zero-order chi connectivity index (χ0) is 19.8. The van der Waals surface area contributed by atoms with Crippen molar-refractivity contribution < 1.29 is 8.42 Å². The summed E-state index contributed by atoms with van der Waals surface area (Å²) in [7, 11) is -2.09. The van der Waals surface area contributed by atoms with Crippen molar-refractivity contribution in [3.8, 4) is 5.69 Å². The minimum atomic E-state index is -3.69. The zero-order valence-electron chi connectivity index (χ0n) is 16.3. The number of rotatable bonds is 6. The summed E-state index contributed by atoms with van der Waals surface area (Å²) in [6, 6.07) is 9.53. The van der Waals surface area contributed by atoms with Gasteiger partial charge < -0.3 is 0 Å². The summed E-state index contributed by atoms with van der Waals surface area (Å²) in [6.45, 7) is 8.43. The van der Waals surface area contributed by atoms with Gasteiger partial charge in [0, 0.05) is 31.9 Å². The van der Waals surface area contributed by atoms with Gasteiger partial charge >= 0.3 is 0 Å². The highest BCUT2D eigenvalue weighted by atomic mass is 32.2. The van der Waals surface area contributed by atoms with Crippen LogP contribution in [0.3, 0.4) is 0 Å². The molecule has 0 aliphatic carbocycles. The van der Waals surface area contributed by atoms with E-state index in [-0.39, 0.29) is 11.4 Å². The standard InChI is InChI=1S/C19H25N5O2S/c1-6-23-13-17(14(2)20-23)12-22(5)27(25,26)19-15(3)21-24(16(19)4)18-10-8-7-9-11-18/h7-11,13H,6,12H2,1-5H3. The SMILES string of the molecule is CCn1cc(CN(C)S(=O)(=O)c2c(C)nn(-c3ccccc3)c2C)c(C)n1. The molecule has 144 valence electrons. The van der Waals surface area contributed by atoms with Gasteiger partial charge in [-0.25, -0.2) is 13.1 Å². The fourth-order valence-corrected chi connectivity index (χ4v) is 4.67. The lowest BCUT2D eigenvalue weighted by Crippen LogP contribution is -2.27. The average molecular weight is 388 g/mol. The number of sulfonamides is 1. The summed E-state index contributed by atoms with van der Waals surface area (Å²) < 4.78 is 31.4. The molecule has 8 heteroatoms. The maximum atomic E-state index is 13.3. The molecule has 0 amide bonds. The van der Waals surface area contributed by atoms with Gasteiger partial charge in [0.05, 0.1) is 22.8 Å². The topological polar surface area (TPSA) is 73.0 Å². The van der Waals surface area contributed by atoms with Crippen LogP contribution in [0, 0.1) is 20.8 Å². The highest BCUT2D eigenvalue weighted by Gasteiger charge is 2.29. The van der Waals surface area contributed by atoms with Gasteiger partial charge in [-0.1, -0.05) is 18.2 Å². The number of aromatic nitrogens is 4. The van der Waals surface area contributed by atoms with Crippen molar-refractivity contribution in [1.82, 2.24) is 23.9 Å². The van der Waals surface area contributed by atoms with Crippen LogP contribution >= 0.6 is 0 Å². The molecular weight excluding hydrogens is 362 g/mol. The Bertz CT molecular complexity index is 1050. The average Bonchev–Trinajstić information content (AvgIpc) is 3.15. The van der Waals surface area contributed by atoms with Gasteiger partial charge in [0.25, 0.3) is 0 Å². The third-order valence-corrected chi connectivity index (χ3v) is 6.72. The molecule has 0 N–H and O–H groups in total. The Morgan fingerprint density at radius 3 is 2.30 bits per heavy atom. The molecule has 0 spiro atoms. The molecular formula is C19H25N5O2S. The molecule has 0 saturated carbocycles. The van der Waals surface area contributed by atoms with E-state index in [1.165, 1.54) is 4.31 Å². The van der Waals surface area contributed by atoms with E-state index >= 15 is 0 Å². The van der Waals surface area contributed by atoms with E-state index in [4.69, 9.17) is 0 Å². The van der Waals surface area contributed by atoms with Gasteiger partial charge in [-0.05, 0) is 39.8 Å². The van der Waals surface area contributed by atoms with E-state index < -0.39 is 10.0 Å². The molecule has 3 aromatic rings. The van der Waals surface area contributed by atoms with Crippen LogP contribution in [-0.2, 0) is 23.1 Å². The summed E-state index contributed by atoms with van der Waals surface area (Å²) >= 11 is 0. The number of aryl methyl sites for hydroxylation is 3. The summed E-state index contributed by atoms with van der Waals surface area (Å²) in [4.78, 5) is 0.259. The Kier molecular flexibility index (Phi) is 5.21. The second-order valence-corrected chi connectivity index (χ2v) is 8.59. The number of nitrogens with zero attached hydrogens (tertiary/aromatic N) is 5. The lowest BCUT2D eigenvalue weighted by atomic mass is 10.3. The Morgan fingerprint density at radius 2 is 1.70 bits per heavy atom. The summed E-state index contributed by atoms with van der Waals surface area (Å²) in [5.74, 6) is 0. The van der Waals surface area contributed by atoms with Crippen molar-refractivity contribution in [3.63, 3.8) is 0 Å². The summed E-state index contributed by atoms with van der Waals surface area (Å²) in [6.07, 6.45) is 1.90. The second kappa shape index (κ2) is 7.28. The maximum Gasteiger partial charge on any atom is 0.246 e. The molecule has 0 fully saturated rings. The number of hydrogen-bond acceptors (Lipinski definition) is 4. The van der Waals surface area contributed by atoms with Crippen LogP contribution < -0.4 is 0 Å². The van der Waals surface area contributed by atoms with E-state index in [2.05, 4.69) is 10.2 Å². The highest BCUT2D eigenvalue weighted by molar-refractivity contribution is 7.89. The molecule has 1 aromatic carbocycles. The van der Waals surface area contributed by atoms with Crippen LogP contribution in [-0.4, -0.2) is 39.3 Å². The van der Waals surface area contributed by atoms with Crippen LogP contribution in [0.1, 0.15) is 29.6 Å². The molecule has 0 bridgehead atoms. The lowest BCUT2D eigenvalue weighted by Gasteiger charge is -2.17. The Hall–Kier alpha value is -2.45. The molecule has 0 unspecified atom stereocenters. The fraction of sp³-hybridized carbons (Fsp3) is 0.368. The predicted molar refractivity (Wildman–Crippen MR) is 104 cm³/mol. The summed E-state index contributed by atoms with van der Waals surface area (Å²) in [5, 5.41) is 8.86. The molecule has 0 aliphatic heterocycles. The van der Waals surface area contributed by atoms with Crippen molar-refractivity contribution in [3.05, 3.63) is 59.2 Å². The van der Waals surface area contributed by atoms with Crippen molar-refractivity contribution in [1.29, 1.82) is 0 Å². The van der Waals surface area contributed by atoms with Gasteiger partial charge in [0.2, 0.25) is 10.0 Å². The molecule has 0 saturated heterocycles. The number of benzene rings is 1. The number of hydrogen-bond donors (Lipinski definition) is 0. The molecule has 27 heavy (non-hydrogen) atoms. The highest BCUT2D eigenvalue weighted by Crippen LogP contribution is 2.26. The van der Waals surface area contributed by atoms with Gasteiger partial charge in [0.15, 0.2) is 0 Å². The Labute approximate surface area is 160 Å². The molecule has 2 aromatic heterocycles. The predicted octanol–water partition coefficient (Wildman–Crippen LogP) is 2.83. The largest absolute Gasteiger partial charge is 0.272 e. The van der Waals surface area contributed by atoms with E-state index in [1.54, 1.807) is 25.6 Å². The van der Waals surface area contributed by atoms with Crippen LogP contribution in [0.4, 0.5) is 0 Å². The third-order valence-electron chi connectivity index (χ3n) is 4.66. The first-order valence-electron chi connectivity index (χ1n) is 8.86. The van der Waals surface area contributed by atoms with Gasteiger partial charge in [0.1, 0.15) is 4.90 Å². The van der Waals surface area contributed by atoms with Crippen LogP contribution in [0.15, 0.2) is 41.4 Å². The minimum absolute atomic E-state index is 0.259. The lowest BCUT2D eigenvalue weighted by molar-refractivity contribution is 0.465. The first-order valence-corrected chi connectivity index (χ1v) is 10.3. The third kappa shape index (κ3) is 3.54. The molecule has 0 atom stereocenters. The molecule has 0 radical (unpaired) electrons. The Morgan fingerprint density at radius 1 is 1.04 bits per heavy atom. The number of para-hydroxylation sites is 1. The van der Waals surface area contributed by atoms with Crippen LogP contribution in [0.2, 0.25) is 0 Å². The van der Waals surface area contributed by atoms with Crippen LogP contribution in [0.25, 0.3) is 5.69 Å². The van der Waals surface area contributed by atoms with E-state index in [1.807, 2.05) is 55.1 Å². The molecule has 0 aliphatic rings. The molecule has 3 rings (SSSR count). The van der Waals surface area contributed by atoms with Crippen molar-refractivity contribution in [2.24, 2.45) is 0 Å². The smallest absolute Gasteiger partial charge is 0.246 e. The van der Waals surface area contributed by atoms with Gasteiger partial charge in [-0.15, -0.1) is 0 Å². The molecule has 7 nitrogen and oxygen atoms in total. The van der Waals surface area contributed by atoms with E-state index in [0.29, 0.717) is 11.4 Å². The van der Waals surface area contributed by atoms with Crippen molar-refractivity contribution in [2.75, 3.05) is 7.05 Å². The first-order chi connectivity index (χ1) is 12.8. The fourth-order valence-electron chi connectivity index (χ4n) is 3.18. The van der Waals surface area contributed by atoms with Gasteiger partial charge in [-0.2, -0.15) is 14.5 Å². The second-order valence-electron chi connectivity index (χ2n) is 6.60. The van der Waals surface area contributed by atoms with E-state index in [9.17, 15) is 8.42 Å². The summed E-state index contributed by atoms with van der Waals surface area (Å²) in [5.41, 5.74) is 3.67. The van der Waals surface area contributed by atoms with Crippen LogP contribution in [0.5, 0.6) is 0 Å². The monoisotopic (exact) mass is 387 g/mol. The van der Waals surface area contributed by atoms with Crippen molar-refractivity contribution >= 4 is 10.0 Å². The molecule has 2 heterocycles. The van der Waals surface area contributed by atoms with E-state index in [0.717, 1.165) is 23.5 Å². The quantitative estimate of drug-likeness (QED) is 0.652. The minimum Gasteiger partial charge on any atom is -0.272 e. The maximum absolute atomic E-state index is 13.3. The Balaban J connectivity index is 1.97. The normalized spacial score (nSPS) is 12.1.